The summed E-state index contributed by atoms with van der Waals surface area (Å²) in [4.78, 5) is 27.4. The van der Waals surface area contributed by atoms with E-state index in [-0.39, 0.29) is 18.0 Å². The van der Waals surface area contributed by atoms with E-state index in [1.807, 2.05) is 35.7 Å². The van der Waals surface area contributed by atoms with E-state index in [0.717, 1.165) is 11.3 Å². The van der Waals surface area contributed by atoms with Crippen molar-refractivity contribution in [2.75, 3.05) is 26.2 Å². The standard InChI is InChI=1S/C13H17N3O3/c1-9-11(3-4-14(9)2)12(17)15-5-6-16-10(7-15)8-19-13(16)18/h3-4,10H,5-8H2,1-2H3. The summed E-state index contributed by atoms with van der Waals surface area (Å²) in [6.45, 7) is 4.00. The van der Waals surface area contributed by atoms with Gasteiger partial charge < -0.3 is 14.2 Å². The topological polar surface area (TPSA) is 54.8 Å². The van der Waals surface area contributed by atoms with Crippen LogP contribution in [0.5, 0.6) is 0 Å². The van der Waals surface area contributed by atoms with Crippen LogP contribution in [0.15, 0.2) is 12.3 Å². The molecule has 2 amide bonds. The number of hydrogen-bond acceptors (Lipinski definition) is 3. The van der Waals surface area contributed by atoms with E-state index in [0.29, 0.717) is 26.2 Å². The van der Waals surface area contributed by atoms with Crippen molar-refractivity contribution < 1.29 is 14.3 Å². The Bertz CT molecular complexity index is 537. The van der Waals surface area contributed by atoms with Gasteiger partial charge in [-0.1, -0.05) is 0 Å². The Labute approximate surface area is 111 Å². The van der Waals surface area contributed by atoms with E-state index in [1.54, 1.807) is 4.90 Å². The van der Waals surface area contributed by atoms with Crippen molar-refractivity contribution in [3.05, 3.63) is 23.5 Å². The van der Waals surface area contributed by atoms with Gasteiger partial charge in [0.2, 0.25) is 0 Å². The Kier molecular flexibility index (Phi) is 2.73. The smallest absolute Gasteiger partial charge is 0.410 e. The van der Waals surface area contributed by atoms with Gasteiger partial charge >= 0.3 is 6.09 Å². The van der Waals surface area contributed by atoms with Gasteiger partial charge in [0, 0.05) is 38.6 Å². The summed E-state index contributed by atoms with van der Waals surface area (Å²) in [5, 5.41) is 0. The summed E-state index contributed by atoms with van der Waals surface area (Å²) in [7, 11) is 1.92. The fraction of sp³-hybridized carbons (Fsp3) is 0.538. The fourth-order valence-electron chi connectivity index (χ4n) is 2.68. The molecule has 6 heteroatoms. The molecule has 2 aliphatic rings. The minimum absolute atomic E-state index is 0.00854. The molecule has 0 radical (unpaired) electrons. The number of ether oxygens (including phenoxy) is 1. The molecule has 1 unspecified atom stereocenters. The van der Waals surface area contributed by atoms with Crippen molar-refractivity contribution in [2.24, 2.45) is 7.05 Å². The van der Waals surface area contributed by atoms with E-state index in [4.69, 9.17) is 4.74 Å². The van der Waals surface area contributed by atoms with Crippen LogP contribution >= 0.6 is 0 Å². The number of aromatic nitrogens is 1. The normalized spacial score (nSPS) is 22.4. The molecular weight excluding hydrogens is 246 g/mol. The molecule has 0 saturated carbocycles. The number of nitrogens with zero attached hydrogens (tertiary/aromatic N) is 3. The molecule has 1 aromatic heterocycles. The van der Waals surface area contributed by atoms with Gasteiger partial charge in [0.25, 0.3) is 5.91 Å². The van der Waals surface area contributed by atoms with Crippen LogP contribution in [0, 0.1) is 6.92 Å². The second-order valence-electron chi connectivity index (χ2n) is 5.10. The number of carbonyl (C=O) groups is 2. The lowest BCUT2D eigenvalue weighted by Crippen LogP contribution is -2.53. The van der Waals surface area contributed by atoms with Crippen molar-refractivity contribution in [1.82, 2.24) is 14.4 Å². The lowest BCUT2D eigenvalue weighted by molar-refractivity contribution is 0.0616. The van der Waals surface area contributed by atoms with E-state index in [2.05, 4.69) is 0 Å². The highest BCUT2D eigenvalue weighted by Crippen LogP contribution is 2.20. The predicted octanol–water partition coefficient (Wildman–Crippen LogP) is 0.610. The fourth-order valence-corrected chi connectivity index (χ4v) is 2.68. The molecule has 0 N–H and O–H groups in total. The Morgan fingerprint density at radius 1 is 1.42 bits per heavy atom. The number of cyclic esters (lactones) is 1. The van der Waals surface area contributed by atoms with Gasteiger partial charge in [0.1, 0.15) is 6.61 Å². The Morgan fingerprint density at radius 2 is 2.21 bits per heavy atom. The maximum atomic E-state index is 12.5. The molecule has 1 aromatic rings. The first-order valence-electron chi connectivity index (χ1n) is 6.42. The van der Waals surface area contributed by atoms with E-state index < -0.39 is 0 Å². The number of hydrogen-bond donors (Lipinski definition) is 0. The zero-order valence-electron chi connectivity index (χ0n) is 11.1. The lowest BCUT2D eigenvalue weighted by Gasteiger charge is -2.35. The number of piperazine rings is 1. The number of carbonyl (C=O) groups excluding carboxylic acids is 2. The molecule has 0 spiro atoms. The third kappa shape index (κ3) is 1.87. The molecule has 3 rings (SSSR count). The summed E-state index contributed by atoms with van der Waals surface area (Å²) >= 11 is 0. The first kappa shape index (κ1) is 12.1. The number of rotatable bonds is 1. The molecule has 0 aromatic carbocycles. The van der Waals surface area contributed by atoms with Crippen LogP contribution in [0.3, 0.4) is 0 Å². The SMILES string of the molecule is Cc1c(C(=O)N2CCN3C(=O)OCC3C2)ccn1C. The molecule has 3 heterocycles. The Morgan fingerprint density at radius 3 is 2.89 bits per heavy atom. The summed E-state index contributed by atoms with van der Waals surface area (Å²) in [5.74, 6) is 0.0390. The lowest BCUT2D eigenvalue weighted by atomic mass is 10.1. The zero-order chi connectivity index (χ0) is 13.6. The van der Waals surface area contributed by atoms with Crippen molar-refractivity contribution >= 4 is 12.0 Å². The molecule has 0 aliphatic carbocycles. The molecule has 0 bridgehead atoms. The summed E-state index contributed by atoms with van der Waals surface area (Å²) < 4.78 is 6.94. The van der Waals surface area contributed by atoms with Crippen molar-refractivity contribution in [2.45, 2.75) is 13.0 Å². The van der Waals surface area contributed by atoms with Gasteiger partial charge in [0.15, 0.2) is 0 Å². The first-order chi connectivity index (χ1) is 9.08. The third-order valence-corrected chi connectivity index (χ3v) is 4.02. The maximum absolute atomic E-state index is 12.5. The van der Waals surface area contributed by atoms with E-state index >= 15 is 0 Å². The predicted molar refractivity (Wildman–Crippen MR) is 67.9 cm³/mol. The number of aryl methyl sites for hydroxylation is 1. The third-order valence-electron chi connectivity index (χ3n) is 4.02. The molecule has 19 heavy (non-hydrogen) atoms. The molecule has 6 nitrogen and oxygen atoms in total. The van der Waals surface area contributed by atoms with Crippen LogP contribution in [0.2, 0.25) is 0 Å². The molecule has 2 aliphatic heterocycles. The largest absolute Gasteiger partial charge is 0.447 e. The van der Waals surface area contributed by atoms with Crippen LogP contribution in [-0.2, 0) is 11.8 Å². The second-order valence-corrected chi connectivity index (χ2v) is 5.10. The summed E-state index contributed by atoms with van der Waals surface area (Å²) in [5.41, 5.74) is 1.70. The monoisotopic (exact) mass is 263 g/mol. The number of amides is 2. The quantitative estimate of drug-likeness (QED) is 0.746. The summed E-state index contributed by atoms with van der Waals surface area (Å²) in [6, 6.07) is 1.86. The van der Waals surface area contributed by atoms with Crippen molar-refractivity contribution in [3.8, 4) is 0 Å². The molecule has 1 atom stereocenters. The highest BCUT2D eigenvalue weighted by Gasteiger charge is 2.39. The molecule has 2 fully saturated rings. The molecule has 2 saturated heterocycles. The summed E-state index contributed by atoms with van der Waals surface area (Å²) in [6.07, 6.45) is 1.63. The van der Waals surface area contributed by atoms with Crippen LogP contribution in [0.1, 0.15) is 16.1 Å². The average molecular weight is 263 g/mol. The van der Waals surface area contributed by atoms with Crippen LogP contribution < -0.4 is 0 Å². The Hall–Kier alpha value is -1.98. The Balaban J connectivity index is 1.75. The zero-order valence-corrected chi connectivity index (χ0v) is 11.1. The van der Waals surface area contributed by atoms with Gasteiger partial charge in [0.05, 0.1) is 11.6 Å². The second kappa shape index (κ2) is 4.29. The minimum Gasteiger partial charge on any atom is -0.447 e. The van der Waals surface area contributed by atoms with Crippen LogP contribution in [-0.4, -0.2) is 58.7 Å². The van der Waals surface area contributed by atoms with Gasteiger partial charge in [-0.3, -0.25) is 9.69 Å². The molecular formula is C13H17N3O3. The van der Waals surface area contributed by atoms with Gasteiger partial charge in [-0.15, -0.1) is 0 Å². The highest BCUT2D eigenvalue weighted by molar-refractivity contribution is 5.95. The van der Waals surface area contributed by atoms with Gasteiger partial charge in [-0.2, -0.15) is 0 Å². The first-order valence-corrected chi connectivity index (χ1v) is 6.42. The van der Waals surface area contributed by atoms with E-state index in [9.17, 15) is 9.59 Å². The highest BCUT2D eigenvalue weighted by atomic mass is 16.6. The number of fused-ring (bicyclic) bond motifs is 1. The van der Waals surface area contributed by atoms with Crippen molar-refractivity contribution in [3.63, 3.8) is 0 Å². The maximum Gasteiger partial charge on any atom is 0.410 e. The minimum atomic E-state index is -0.256. The van der Waals surface area contributed by atoms with Gasteiger partial charge in [-0.25, -0.2) is 4.79 Å². The van der Waals surface area contributed by atoms with Crippen molar-refractivity contribution in [1.29, 1.82) is 0 Å². The average Bonchev–Trinajstić information content (AvgIpc) is 2.94. The molecule has 102 valence electrons. The van der Waals surface area contributed by atoms with Crippen LogP contribution in [0.4, 0.5) is 4.79 Å². The van der Waals surface area contributed by atoms with E-state index in [1.165, 1.54) is 0 Å². The van der Waals surface area contributed by atoms with Gasteiger partial charge in [-0.05, 0) is 13.0 Å². The van der Waals surface area contributed by atoms with Crippen LogP contribution in [0.25, 0.3) is 0 Å².